The van der Waals surface area contributed by atoms with E-state index in [0.717, 1.165) is 39.0 Å². The van der Waals surface area contributed by atoms with Crippen molar-refractivity contribution in [1.82, 2.24) is 15.1 Å². The van der Waals surface area contributed by atoms with Crippen LogP contribution in [-0.2, 0) is 4.79 Å². The number of nitrogens with one attached hydrogen (secondary N) is 1. The number of fused-ring (bicyclic) bond motifs is 2. The van der Waals surface area contributed by atoms with Gasteiger partial charge in [0.2, 0.25) is 5.91 Å². The van der Waals surface area contributed by atoms with Gasteiger partial charge in [-0.05, 0) is 32.1 Å². The van der Waals surface area contributed by atoms with E-state index in [2.05, 4.69) is 24.1 Å². The van der Waals surface area contributed by atoms with Crippen LogP contribution in [0.15, 0.2) is 0 Å². The molecule has 0 spiro atoms. The van der Waals surface area contributed by atoms with Gasteiger partial charge in [-0.2, -0.15) is 0 Å². The molecule has 5 heteroatoms. The van der Waals surface area contributed by atoms with Crippen LogP contribution in [0.3, 0.4) is 0 Å². The second-order valence-electron chi connectivity index (χ2n) is 6.04. The first kappa shape index (κ1) is 17.7. The molecule has 2 aliphatic rings. The number of likely N-dealkylation sites (tertiary alicyclic amines) is 1. The van der Waals surface area contributed by atoms with Gasteiger partial charge in [0.25, 0.3) is 0 Å². The molecule has 2 unspecified atom stereocenters. The number of carbonyl (C=O) groups excluding carboxylic acids is 1. The first-order valence-electron chi connectivity index (χ1n) is 7.99. The number of carbonyl (C=O) groups is 1. The lowest BCUT2D eigenvalue weighted by Crippen LogP contribution is -2.44. The van der Waals surface area contributed by atoms with Crippen LogP contribution in [0.2, 0.25) is 0 Å². The topological polar surface area (TPSA) is 35.6 Å². The first-order valence-corrected chi connectivity index (χ1v) is 7.99. The van der Waals surface area contributed by atoms with E-state index in [1.807, 2.05) is 4.90 Å². The molecular formula is C15H30ClN3O. The van der Waals surface area contributed by atoms with Crippen molar-refractivity contribution in [3.8, 4) is 0 Å². The third-order valence-corrected chi connectivity index (χ3v) is 4.31. The van der Waals surface area contributed by atoms with E-state index in [4.69, 9.17) is 0 Å². The summed E-state index contributed by atoms with van der Waals surface area (Å²) in [5.41, 5.74) is 0. The van der Waals surface area contributed by atoms with E-state index in [1.54, 1.807) is 0 Å². The molecule has 118 valence electrons. The number of halogens is 1. The fourth-order valence-electron chi connectivity index (χ4n) is 3.35. The van der Waals surface area contributed by atoms with Crippen LogP contribution in [0.25, 0.3) is 0 Å². The molecule has 2 bridgehead atoms. The largest absolute Gasteiger partial charge is 0.342 e. The van der Waals surface area contributed by atoms with Crippen molar-refractivity contribution >= 4 is 18.3 Å². The van der Waals surface area contributed by atoms with Crippen LogP contribution in [0.5, 0.6) is 0 Å². The number of rotatable bonds is 6. The molecule has 4 nitrogen and oxygen atoms in total. The molecule has 0 aromatic carbocycles. The SMILES string of the molecule is CCCN(CCC)C(=O)CN1CCC2CCC(C1)N2.Cl. The van der Waals surface area contributed by atoms with Gasteiger partial charge in [-0.15, -0.1) is 12.4 Å². The Bertz CT molecular complexity index is 295. The molecule has 2 atom stereocenters. The van der Waals surface area contributed by atoms with Gasteiger partial charge in [-0.3, -0.25) is 9.69 Å². The van der Waals surface area contributed by atoms with Crippen LogP contribution in [0, 0.1) is 0 Å². The van der Waals surface area contributed by atoms with Crippen LogP contribution >= 0.6 is 12.4 Å². The monoisotopic (exact) mass is 303 g/mol. The van der Waals surface area contributed by atoms with Gasteiger partial charge >= 0.3 is 0 Å². The zero-order valence-electron chi connectivity index (χ0n) is 12.9. The van der Waals surface area contributed by atoms with Gasteiger partial charge < -0.3 is 10.2 Å². The predicted octanol–water partition coefficient (Wildman–Crippen LogP) is 1.88. The normalized spacial score (nSPS) is 25.9. The Kier molecular flexibility index (Phi) is 7.85. The fourth-order valence-corrected chi connectivity index (χ4v) is 3.35. The Morgan fingerprint density at radius 3 is 2.45 bits per heavy atom. The molecule has 0 aromatic heterocycles. The van der Waals surface area contributed by atoms with Crippen LogP contribution in [0.1, 0.15) is 46.0 Å². The van der Waals surface area contributed by atoms with E-state index in [9.17, 15) is 4.79 Å². The minimum absolute atomic E-state index is 0. The zero-order valence-corrected chi connectivity index (χ0v) is 13.8. The Balaban J connectivity index is 0.00000200. The van der Waals surface area contributed by atoms with Gasteiger partial charge in [0, 0.05) is 38.3 Å². The Labute approximate surface area is 129 Å². The van der Waals surface area contributed by atoms with E-state index >= 15 is 0 Å². The highest BCUT2D eigenvalue weighted by atomic mass is 35.5. The molecule has 2 fully saturated rings. The van der Waals surface area contributed by atoms with E-state index < -0.39 is 0 Å². The van der Waals surface area contributed by atoms with E-state index in [0.29, 0.717) is 24.5 Å². The second kappa shape index (κ2) is 8.85. The molecule has 0 aromatic rings. The van der Waals surface area contributed by atoms with Crippen LogP contribution in [0.4, 0.5) is 0 Å². The van der Waals surface area contributed by atoms with Gasteiger partial charge in [0.15, 0.2) is 0 Å². The summed E-state index contributed by atoms with van der Waals surface area (Å²) in [5, 5.41) is 3.67. The number of nitrogens with zero attached hydrogens (tertiary/aromatic N) is 2. The highest BCUT2D eigenvalue weighted by molar-refractivity contribution is 5.85. The fraction of sp³-hybridized carbons (Fsp3) is 0.933. The molecule has 0 aliphatic carbocycles. The number of hydrogen-bond acceptors (Lipinski definition) is 3. The molecular weight excluding hydrogens is 274 g/mol. The summed E-state index contributed by atoms with van der Waals surface area (Å²) in [6, 6.07) is 1.32. The summed E-state index contributed by atoms with van der Waals surface area (Å²) in [4.78, 5) is 16.8. The van der Waals surface area contributed by atoms with Crippen molar-refractivity contribution in [2.24, 2.45) is 0 Å². The summed E-state index contributed by atoms with van der Waals surface area (Å²) in [7, 11) is 0. The summed E-state index contributed by atoms with van der Waals surface area (Å²) in [6.45, 7) is 8.84. The molecule has 0 radical (unpaired) electrons. The molecule has 0 saturated carbocycles. The average molecular weight is 304 g/mol. The average Bonchev–Trinajstić information content (AvgIpc) is 2.72. The van der Waals surface area contributed by atoms with Crippen molar-refractivity contribution in [1.29, 1.82) is 0 Å². The number of amides is 1. The van der Waals surface area contributed by atoms with Crippen LogP contribution in [-0.4, -0.2) is 60.5 Å². The molecule has 2 aliphatic heterocycles. The van der Waals surface area contributed by atoms with Crippen molar-refractivity contribution in [2.75, 3.05) is 32.7 Å². The minimum Gasteiger partial charge on any atom is -0.342 e. The maximum Gasteiger partial charge on any atom is 0.236 e. The predicted molar refractivity (Wildman–Crippen MR) is 85.4 cm³/mol. The minimum atomic E-state index is 0. The Hall–Kier alpha value is -0.320. The summed E-state index contributed by atoms with van der Waals surface area (Å²) in [5.74, 6) is 0.321. The zero-order chi connectivity index (χ0) is 13.7. The van der Waals surface area contributed by atoms with Crippen molar-refractivity contribution in [2.45, 2.75) is 58.0 Å². The Morgan fingerprint density at radius 1 is 1.15 bits per heavy atom. The molecule has 20 heavy (non-hydrogen) atoms. The summed E-state index contributed by atoms with van der Waals surface area (Å²) in [6.07, 6.45) is 5.91. The standard InChI is InChI=1S/C15H29N3O.ClH/c1-3-8-18(9-4-2)15(19)12-17-10-7-13-5-6-14(11-17)16-13;/h13-14,16H,3-12H2,1-2H3;1H. The van der Waals surface area contributed by atoms with Gasteiger partial charge in [0.1, 0.15) is 0 Å². The molecule has 1 amide bonds. The second-order valence-corrected chi connectivity index (χ2v) is 6.04. The van der Waals surface area contributed by atoms with Gasteiger partial charge in [-0.1, -0.05) is 13.8 Å². The van der Waals surface area contributed by atoms with Crippen molar-refractivity contribution < 1.29 is 4.79 Å². The lowest BCUT2D eigenvalue weighted by atomic mass is 10.1. The summed E-state index contributed by atoms with van der Waals surface area (Å²) >= 11 is 0. The van der Waals surface area contributed by atoms with Gasteiger partial charge in [0.05, 0.1) is 6.54 Å². The lowest BCUT2D eigenvalue weighted by molar-refractivity contribution is -0.132. The summed E-state index contributed by atoms with van der Waals surface area (Å²) < 4.78 is 0. The van der Waals surface area contributed by atoms with Crippen LogP contribution < -0.4 is 5.32 Å². The van der Waals surface area contributed by atoms with Crippen molar-refractivity contribution in [3.63, 3.8) is 0 Å². The maximum absolute atomic E-state index is 12.4. The smallest absolute Gasteiger partial charge is 0.236 e. The maximum atomic E-state index is 12.4. The highest BCUT2D eigenvalue weighted by Crippen LogP contribution is 2.20. The molecule has 1 N–H and O–H groups in total. The molecule has 2 saturated heterocycles. The third kappa shape index (κ3) is 4.90. The molecule has 2 heterocycles. The first-order chi connectivity index (χ1) is 9.22. The van der Waals surface area contributed by atoms with E-state index in [1.165, 1.54) is 19.3 Å². The highest BCUT2D eigenvalue weighted by Gasteiger charge is 2.30. The molecule has 2 rings (SSSR count). The third-order valence-electron chi connectivity index (χ3n) is 4.31. The quantitative estimate of drug-likeness (QED) is 0.814. The number of hydrogen-bond donors (Lipinski definition) is 1. The van der Waals surface area contributed by atoms with E-state index in [-0.39, 0.29) is 12.4 Å². The van der Waals surface area contributed by atoms with Crippen molar-refractivity contribution in [3.05, 3.63) is 0 Å². The van der Waals surface area contributed by atoms with Gasteiger partial charge in [-0.25, -0.2) is 0 Å². The lowest BCUT2D eigenvalue weighted by Gasteiger charge is -2.28. The Morgan fingerprint density at radius 2 is 1.80 bits per heavy atom.